The molecule has 0 aliphatic heterocycles. The van der Waals surface area contributed by atoms with Gasteiger partial charge in [-0.15, -0.1) is 0 Å². The standard InChI is InChI=1S/C13H15N5S/c1-9-7-12(17(2)16-9)19-13-10(8-14)18-6-4-3-5-11(18)15-13/h3-7H,8,14H2,1-2H3. The molecule has 0 fully saturated rings. The van der Waals surface area contributed by atoms with E-state index in [1.54, 1.807) is 11.8 Å². The molecule has 0 bridgehead atoms. The first-order valence-corrected chi connectivity index (χ1v) is 6.85. The van der Waals surface area contributed by atoms with Crippen molar-refractivity contribution in [3.8, 4) is 0 Å². The van der Waals surface area contributed by atoms with Crippen LogP contribution in [0.4, 0.5) is 0 Å². The van der Waals surface area contributed by atoms with Gasteiger partial charge in [0.25, 0.3) is 0 Å². The molecule has 0 saturated heterocycles. The van der Waals surface area contributed by atoms with Crippen LogP contribution in [0.15, 0.2) is 40.5 Å². The maximum Gasteiger partial charge on any atom is 0.138 e. The molecule has 19 heavy (non-hydrogen) atoms. The zero-order valence-electron chi connectivity index (χ0n) is 10.9. The SMILES string of the molecule is Cc1cc(Sc2nc3ccccn3c2CN)n(C)n1. The lowest BCUT2D eigenvalue weighted by atomic mass is 10.4. The molecule has 0 amide bonds. The Morgan fingerprint density at radius 3 is 2.89 bits per heavy atom. The van der Waals surface area contributed by atoms with Gasteiger partial charge in [0.15, 0.2) is 0 Å². The average molecular weight is 273 g/mol. The molecular formula is C13H15N5S. The van der Waals surface area contributed by atoms with E-state index in [0.29, 0.717) is 6.54 Å². The van der Waals surface area contributed by atoms with Crippen LogP contribution in [0.3, 0.4) is 0 Å². The van der Waals surface area contributed by atoms with Gasteiger partial charge in [0.1, 0.15) is 15.7 Å². The van der Waals surface area contributed by atoms with E-state index in [-0.39, 0.29) is 0 Å². The Bertz CT molecular complexity index is 728. The van der Waals surface area contributed by atoms with Crippen molar-refractivity contribution in [3.63, 3.8) is 0 Å². The molecule has 3 aromatic rings. The normalized spacial score (nSPS) is 11.3. The number of rotatable bonds is 3. The minimum atomic E-state index is 0.463. The van der Waals surface area contributed by atoms with E-state index in [2.05, 4.69) is 16.1 Å². The molecule has 6 heteroatoms. The molecule has 0 saturated carbocycles. The second kappa shape index (κ2) is 4.71. The summed E-state index contributed by atoms with van der Waals surface area (Å²) in [7, 11) is 1.94. The number of fused-ring (bicyclic) bond motifs is 1. The predicted octanol–water partition coefficient (Wildman–Crippen LogP) is 1.99. The summed E-state index contributed by atoms with van der Waals surface area (Å²) in [5, 5.41) is 6.35. The molecule has 0 aliphatic rings. The highest BCUT2D eigenvalue weighted by molar-refractivity contribution is 7.99. The van der Waals surface area contributed by atoms with Crippen LogP contribution in [0, 0.1) is 6.92 Å². The minimum Gasteiger partial charge on any atom is -0.325 e. The first kappa shape index (κ1) is 12.3. The van der Waals surface area contributed by atoms with Crippen LogP contribution >= 0.6 is 11.8 Å². The quantitative estimate of drug-likeness (QED) is 0.792. The van der Waals surface area contributed by atoms with Gasteiger partial charge in [0, 0.05) is 19.8 Å². The third-order valence-electron chi connectivity index (χ3n) is 2.95. The van der Waals surface area contributed by atoms with Crippen molar-refractivity contribution in [1.29, 1.82) is 0 Å². The highest BCUT2D eigenvalue weighted by Gasteiger charge is 2.13. The Morgan fingerprint density at radius 1 is 1.37 bits per heavy atom. The summed E-state index contributed by atoms with van der Waals surface area (Å²) in [6.07, 6.45) is 1.99. The smallest absolute Gasteiger partial charge is 0.138 e. The first-order valence-electron chi connectivity index (χ1n) is 6.03. The predicted molar refractivity (Wildman–Crippen MR) is 75.2 cm³/mol. The van der Waals surface area contributed by atoms with Gasteiger partial charge in [-0.1, -0.05) is 6.07 Å². The van der Waals surface area contributed by atoms with Gasteiger partial charge in [-0.25, -0.2) is 4.98 Å². The Balaban J connectivity index is 2.07. The maximum atomic E-state index is 5.86. The van der Waals surface area contributed by atoms with Crippen LogP contribution in [-0.2, 0) is 13.6 Å². The number of imidazole rings is 1. The molecule has 0 radical (unpaired) electrons. The lowest BCUT2D eigenvalue weighted by Gasteiger charge is -2.02. The maximum absolute atomic E-state index is 5.86. The summed E-state index contributed by atoms with van der Waals surface area (Å²) in [5.74, 6) is 0. The van der Waals surface area contributed by atoms with Crippen molar-refractivity contribution in [3.05, 3.63) is 41.9 Å². The molecule has 98 valence electrons. The molecule has 0 aliphatic carbocycles. The van der Waals surface area contributed by atoms with Crippen molar-refractivity contribution in [2.75, 3.05) is 0 Å². The number of nitrogens with two attached hydrogens (primary N) is 1. The van der Waals surface area contributed by atoms with Crippen LogP contribution < -0.4 is 5.73 Å². The van der Waals surface area contributed by atoms with Gasteiger partial charge < -0.3 is 10.1 Å². The van der Waals surface area contributed by atoms with E-state index < -0.39 is 0 Å². The second-order valence-electron chi connectivity index (χ2n) is 4.35. The monoisotopic (exact) mass is 273 g/mol. The number of pyridine rings is 1. The summed E-state index contributed by atoms with van der Waals surface area (Å²) >= 11 is 1.60. The number of nitrogens with zero attached hydrogens (tertiary/aromatic N) is 4. The topological polar surface area (TPSA) is 61.1 Å². The summed E-state index contributed by atoms with van der Waals surface area (Å²) in [6, 6.07) is 7.99. The summed E-state index contributed by atoms with van der Waals surface area (Å²) < 4.78 is 3.90. The van der Waals surface area contributed by atoms with Crippen LogP contribution in [0.25, 0.3) is 5.65 Å². The van der Waals surface area contributed by atoms with E-state index >= 15 is 0 Å². The summed E-state index contributed by atoms with van der Waals surface area (Å²) in [4.78, 5) is 4.63. The molecule has 3 aromatic heterocycles. The van der Waals surface area contributed by atoms with Crippen LogP contribution in [-0.4, -0.2) is 19.2 Å². The van der Waals surface area contributed by atoms with Crippen LogP contribution in [0.5, 0.6) is 0 Å². The molecule has 0 aromatic carbocycles. The Morgan fingerprint density at radius 2 is 2.21 bits per heavy atom. The second-order valence-corrected chi connectivity index (χ2v) is 5.36. The number of hydrogen-bond acceptors (Lipinski definition) is 4. The van der Waals surface area contributed by atoms with Crippen LogP contribution in [0.1, 0.15) is 11.4 Å². The van der Waals surface area contributed by atoms with Gasteiger partial charge in [-0.3, -0.25) is 4.68 Å². The van der Waals surface area contributed by atoms with E-state index in [1.807, 2.05) is 47.4 Å². The molecular weight excluding hydrogens is 258 g/mol. The molecule has 0 atom stereocenters. The zero-order valence-corrected chi connectivity index (χ0v) is 11.7. The summed E-state index contributed by atoms with van der Waals surface area (Å²) in [5.41, 5.74) is 8.81. The fourth-order valence-electron chi connectivity index (χ4n) is 2.07. The Kier molecular flexibility index (Phi) is 3.04. The fraction of sp³-hybridized carbons (Fsp3) is 0.231. The molecule has 0 unspecified atom stereocenters. The summed E-state index contributed by atoms with van der Waals surface area (Å²) in [6.45, 7) is 2.45. The fourth-order valence-corrected chi connectivity index (χ4v) is 3.11. The third kappa shape index (κ3) is 2.13. The van der Waals surface area contributed by atoms with Crippen LogP contribution in [0.2, 0.25) is 0 Å². The van der Waals surface area contributed by atoms with Gasteiger partial charge in [0.05, 0.1) is 11.4 Å². The lowest BCUT2D eigenvalue weighted by molar-refractivity contribution is 0.692. The highest BCUT2D eigenvalue weighted by atomic mass is 32.2. The Hall–Kier alpha value is -1.79. The number of aromatic nitrogens is 4. The van der Waals surface area contributed by atoms with Gasteiger partial charge in [-0.05, 0) is 36.9 Å². The Labute approximate surface area is 115 Å². The van der Waals surface area contributed by atoms with E-state index in [9.17, 15) is 0 Å². The van der Waals surface area contributed by atoms with Crippen molar-refractivity contribution in [2.24, 2.45) is 12.8 Å². The molecule has 0 spiro atoms. The van der Waals surface area contributed by atoms with E-state index in [0.717, 1.165) is 27.1 Å². The largest absolute Gasteiger partial charge is 0.325 e. The number of aryl methyl sites for hydroxylation is 2. The highest BCUT2D eigenvalue weighted by Crippen LogP contribution is 2.30. The zero-order chi connectivity index (χ0) is 13.4. The van der Waals surface area contributed by atoms with E-state index in [4.69, 9.17) is 5.73 Å². The van der Waals surface area contributed by atoms with Crippen molar-refractivity contribution in [2.45, 2.75) is 23.5 Å². The molecule has 2 N–H and O–H groups in total. The lowest BCUT2D eigenvalue weighted by Crippen LogP contribution is -2.02. The van der Waals surface area contributed by atoms with Gasteiger partial charge in [0.2, 0.25) is 0 Å². The molecule has 3 rings (SSSR count). The number of hydrogen-bond donors (Lipinski definition) is 1. The average Bonchev–Trinajstić information content (AvgIpc) is 2.89. The first-order chi connectivity index (χ1) is 9.19. The van der Waals surface area contributed by atoms with Crippen molar-refractivity contribution in [1.82, 2.24) is 19.2 Å². The van der Waals surface area contributed by atoms with Gasteiger partial charge >= 0.3 is 0 Å². The van der Waals surface area contributed by atoms with Crippen molar-refractivity contribution >= 4 is 17.4 Å². The van der Waals surface area contributed by atoms with E-state index in [1.165, 1.54) is 0 Å². The third-order valence-corrected chi connectivity index (χ3v) is 4.06. The molecule has 5 nitrogen and oxygen atoms in total. The molecule has 3 heterocycles. The van der Waals surface area contributed by atoms with Gasteiger partial charge in [-0.2, -0.15) is 5.10 Å². The minimum absolute atomic E-state index is 0.463. The van der Waals surface area contributed by atoms with Crippen molar-refractivity contribution < 1.29 is 0 Å².